The van der Waals surface area contributed by atoms with Crippen molar-refractivity contribution in [3.8, 4) is 11.5 Å². The van der Waals surface area contributed by atoms with Crippen molar-refractivity contribution >= 4 is 35.3 Å². The Morgan fingerprint density at radius 2 is 1.31 bits per heavy atom. The minimum atomic E-state index is -0.751. The van der Waals surface area contributed by atoms with Crippen LogP contribution in [0.25, 0.3) is 0 Å². The number of thioether (sulfide) groups is 2. The van der Waals surface area contributed by atoms with Gasteiger partial charge in [-0.1, -0.05) is 24.3 Å². The van der Waals surface area contributed by atoms with E-state index in [1.54, 1.807) is 37.7 Å². The molecular weight excluding hydrogens is 408 g/mol. The summed E-state index contributed by atoms with van der Waals surface area (Å²) >= 11 is 3.29. The Bertz CT molecular complexity index is 775. The van der Waals surface area contributed by atoms with E-state index in [-0.39, 0.29) is 10.4 Å². The van der Waals surface area contributed by atoms with Crippen LogP contribution in [-0.2, 0) is 14.3 Å². The van der Waals surface area contributed by atoms with E-state index in [1.165, 1.54) is 14.0 Å². The molecule has 0 spiro atoms. The van der Waals surface area contributed by atoms with Gasteiger partial charge in [-0.2, -0.15) is 0 Å². The first-order valence-corrected chi connectivity index (χ1v) is 10.9. The Morgan fingerprint density at radius 1 is 0.828 bits per heavy atom. The first kappa shape index (κ1) is 23.2. The summed E-state index contributed by atoms with van der Waals surface area (Å²) in [5.74, 6) is 0.165. The summed E-state index contributed by atoms with van der Waals surface area (Å²) in [7, 11) is 4.60. The molecule has 7 heteroatoms. The molecule has 0 aliphatic heterocycles. The van der Waals surface area contributed by atoms with Crippen molar-refractivity contribution in [3.05, 3.63) is 48.5 Å². The largest absolute Gasteiger partial charge is 0.496 e. The zero-order valence-electron chi connectivity index (χ0n) is 17.0. The van der Waals surface area contributed by atoms with E-state index in [0.717, 1.165) is 21.3 Å². The summed E-state index contributed by atoms with van der Waals surface area (Å²) in [4.78, 5) is 25.9. The van der Waals surface area contributed by atoms with Crippen LogP contribution in [0.1, 0.15) is 19.8 Å². The van der Waals surface area contributed by atoms with E-state index in [1.807, 2.05) is 48.5 Å². The third-order valence-corrected chi connectivity index (χ3v) is 7.08. The second-order valence-electron chi connectivity index (χ2n) is 6.23. The van der Waals surface area contributed by atoms with Gasteiger partial charge in [0, 0.05) is 0 Å². The zero-order valence-corrected chi connectivity index (χ0v) is 18.7. The normalized spacial score (nSPS) is 11.8. The molecule has 0 aromatic heterocycles. The first-order valence-electron chi connectivity index (χ1n) is 9.17. The number of para-hydroxylation sites is 2. The number of Topliss-reactive ketones (excluding diaryl/α,β-unsaturated/α-hetero) is 1. The molecule has 0 saturated heterocycles. The van der Waals surface area contributed by atoms with Crippen LogP contribution < -0.4 is 9.47 Å². The number of ether oxygens (including phenoxy) is 3. The van der Waals surface area contributed by atoms with Gasteiger partial charge in [0.1, 0.15) is 23.2 Å². The highest BCUT2D eigenvalue weighted by molar-refractivity contribution is 8.17. The molecule has 0 aliphatic carbocycles. The average molecular weight is 435 g/mol. The van der Waals surface area contributed by atoms with Gasteiger partial charge in [-0.25, -0.2) is 0 Å². The van der Waals surface area contributed by atoms with Gasteiger partial charge in [-0.15, -0.1) is 23.5 Å². The number of hydrogen-bond acceptors (Lipinski definition) is 7. The molecule has 0 heterocycles. The SMILES string of the molecule is COC(=O)C(CCC(Sc1ccccc1OC)Sc1ccccc1OC)C(C)=O. The molecule has 0 bridgehead atoms. The highest BCUT2D eigenvalue weighted by Gasteiger charge is 2.26. The fraction of sp³-hybridized carbons (Fsp3) is 0.364. The van der Waals surface area contributed by atoms with Crippen LogP contribution in [-0.4, -0.2) is 37.7 Å². The zero-order chi connectivity index (χ0) is 21.2. The number of esters is 1. The lowest BCUT2D eigenvalue weighted by molar-refractivity contribution is -0.149. The van der Waals surface area contributed by atoms with Gasteiger partial charge >= 0.3 is 5.97 Å². The van der Waals surface area contributed by atoms with Gasteiger partial charge < -0.3 is 14.2 Å². The van der Waals surface area contributed by atoms with E-state index in [4.69, 9.17) is 14.2 Å². The molecule has 2 rings (SSSR count). The van der Waals surface area contributed by atoms with Gasteiger partial charge in [0.2, 0.25) is 0 Å². The van der Waals surface area contributed by atoms with Crippen LogP contribution in [0.4, 0.5) is 0 Å². The second kappa shape index (κ2) is 11.8. The second-order valence-corrected chi connectivity index (χ2v) is 9.02. The summed E-state index contributed by atoms with van der Waals surface area (Å²) in [6.07, 6.45) is 1.04. The number of methoxy groups -OCH3 is 3. The van der Waals surface area contributed by atoms with Crippen molar-refractivity contribution in [2.45, 2.75) is 34.1 Å². The predicted octanol–water partition coefficient (Wildman–Crippen LogP) is 5.07. The number of ketones is 1. The Hall–Kier alpha value is -2.12. The van der Waals surface area contributed by atoms with Gasteiger partial charge in [-0.3, -0.25) is 9.59 Å². The molecule has 156 valence electrons. The lowest BCUT2D eigenvalue weighted by Gasteiger charge is -2.20. The Balaban J connectivity index is 2.24. The van der Waals surface area contributed by atoms with Crippen molar-refractivity contribution in [2.24, 2.45) is 5.92 Å². The number of carbonyl (C=O) groups excluding carboxylic acids is 2. The summed E-state index contributed by atoms with van der Waals surface area (Å²) in [5.41, 5.74) is 0. The van der Waals surface area contributed by atoms with E-state index < -0.39 is 11.9 Å². The van der Waals surface area contributed by atoms with E-state index in [9.17, 15) is 9.59 Å². The summed E-state index contributed by atoms with van der Waals surface area (Å²) < 4.78 is 15.8. The number of carbonyl (C=O) groups is 2. The third-order valence-electron chi connectivity index (χ3n) is 4.32. The van der Waals surface area contributed by atoms with Crippen LogP contribution in [0.2, 0.25) is 0 Å². The van der Waals surface area contributed by atoms with E-state index >= 15 is 0 Å². The molecule has 0 aliphatic rings. The third kappa shape index (κ3) is 6.72. The van der Waals surface area contributed by atoms with E-state index in [2.05, 4.69) is 0 Å². The highest BCUT2D eigenvalue weighted by atomic mass is 32.2. The highest BCUT2D eigenvalue weighted by Crippen LogP contribution is 2.44. The molecule has 29 heavy (non-hydrogen) atoms. The molecule has 0 radical (unpaired) electrons. The Labute approximate surface area is 180 Å². The minimum absolute atomic E-state index is 0.0362. The van der Waals surface area contributed by atoms with Crippen LogP contribution >= 0.6 is 23.5 Å². The van der Waals surface area contributed by atoms with Crippen molar-refractivity contribution in [3.63, 3.8) is 0 Å². The fourth-order valence-corrected chi connectivity index (χ4v) is 5.53. The fourth-order valence-electron chi connectivity index (χ4n) is 2.79. The van der Waals surface area contributed by atoms with Gasteiger partial charge in [0.05, 0.1) is 35.7 Å². The molecule has 2 aromatic carbocycles. The number of benzene rings is 2. The van der Waals surface area contributed by atoms with Gasteiger partial charge in [-0.05, 0) is 44.0 Å². The lowest BCUT2D eigenvalue weighted by Crippen LogP contribution is -2.24. The molecule has 1 atom stereocenters. The maximum atomic E-state index is 12.0. The average Bonchev–Trinajstić information content (AvgIpc) is 2.74. The van der Waals surface area contributed by atoms with Crippen LogP contribution in [0.5, 0.6) is 11.5 Å². The van der Waals surface area contributed by atoms with Crippen molar-refractivity contribution in [1.29, 1.82) is 0 Å². The molecular formula is C22H26O5S2. The first-order chi connectivity index (χ1) is 14.0. The van der Waals surface area contributed by atoms with Crippen molar-refractivity contribution in [1.82, 2.24) is 0 Å². The molecule has 0 saturated carbocycles. The summed E-state index contributed by atoms with van der Waals surface area (Å²) in [5, 5.41) is 0. The summed E-state index contributed by atoms with van der Waals surface area (Å²) in [6, 6.07) is 15.6. The topological polar surface area (TPSA) is 61.8 Å². The van der Waals surface area contributed by atoms with Crippen molar-refractivity contribution < 1.29 is 23.8 Å². The van der Waals surface area contributed by atoms with E-state index in [0.29, 0.717) is 12.8 Å². The molecule has 1 unspecified atom stereocenters. The lowest BCUT2D eigenvalue weighted by atomic mass is 10.00. The van der Waals surface area contributed by atoms with Crippen LogP contribution in [0.3, 0.4) is 0 Å². The monoisotopic (exact) mass is 434 g/mol. The predicted molar refractivity (Wildman–Crippen MR) is 117 cm³/mol. The maximum Gasteiger partial charge on any atom is 0.316 e. The Morgan fingerprint density at radius 3 is 1.72 bits per heavy atom. The molecule has 0 fully saturated rings. The molecule has 0 N–H and O–H groups in total. The smallest absolute Gasteiger partial charge is 0.316 e. The molecule has 0 amide bonds. The van der Waals surface area contributed by atoms with Crippen molar-refractivity contribution in [2.75, 3.05) is 21.3 Å². The standard InChI is InChI=1S/C22H26O5S2/c1-15(23)16(22(24)27-4)13-14-21(28-19-11-7-5-9-17(19)25-2)29-20-12-8-6-10-18(20)26-3/h5-12,16,21H,13-14H2,1-4H3. The molecule has 5 nitrogen and oxygen atoms in total. The Kier molecular flexibility index (Phi) is 9.41. The summed E-state index contributed by atoms with van der Waals surface area (Å²) in [6.45, 7) is 1.43. The van der Waals surface area contributed by atoms with Crippen LogP contribution in [0, 0.1) is 5.92 Å². The number of hydrogen-bond donors (Lipinski definition) is 0. The molecule has 2 aromatic rings. The van der Waals surface area contributed by atoms with Gasteiger partial charge in [0.15, 0.2) is 0 Å². The quantitative estimate of drug-likeness (QED) is 0.212. The van der Waals surface area contributed by atoms with Crippen LogP contribution in [0.15, 0.2) is 58.3 Å². The number of rotatable bonds is 11. The maximum absolute atomic E-state index is 12.0. The van der Waals surface area contributed by atoms with Gasteiger partial charge in [0.25, 0.3) is 0 Å². The minimum Gasteiger partial charge on any atom is -0.496 e.